The van der Waals surface area contributed by atoms with Crippen LogP contribution in [0.2, 0.25) is 0 Å². The molecule has 2 atom stereocenters. The fraction of sp³-hybridized carbons (Fsp3) is 0.458. The van der Waals surface area contributed by atoms with Crippen LogP contribution in [0.15, 0.2) is 47.4 Å². The lowest BCUT2D eigenvalue weighted by Crippen LogP contribution is -2.32. The number of carbonyl (C=O) groups excluding carboxylic acids is 1. The van der Waals surface area contributed by atoms with E-state index in [1.807, 2.05) is 32.0 Å². The van der Waals surface area contributed by atoms with Gasteiger partial charge in [-0.05, 0) is 68.1 Å². The Labute approximate surface area is 191 Å². The minimum absolute atomic E-state index is 0.129. The molecule has 0 fully saturated rings. The summed E-state index contributed by atoms with van der Waals surface area (Å²) >= 11 is 0. The zero-order valence-electron chi connectivity index (χ0n) is 19.6. The summed E-state index contributed by atoms with van der Waals surface area (Å²) in [5.41, 5.74) is 1.24. The molecular weight excluding hydrogens is 428 g/mol. The Balaban J connectivity index is 2.09. The molecular formula is C24H34N2O5S. The summed E-state index contributed by atoms with van der Waals surface area (Å²) in [6, 6.07) is 11.0. The molecule has 0 aliphatic heterocycles. The minimum Gasteiger partial charge on any atom is -0.493 e. The van der Waals surface area contributed by atoms with E-state index in [1.54, 1.807) is 14.0 Å². The van der Waals surface area contributed by atoms with Gasteiger partial charge in [-0.1, -0.05) is 26.8 Å². The third-order valence-electron chi connectivity index (χ3n) is 5.00. The number of hydrogen-bond acceptors (Lipinski definition) is 5. The minimum atomic E-state index is -3.61. The first-order valence-corrected chi connectivity index (χ1v) is 12.3. The molecule has 0 heterocycles. The Morgan fingerprint density at radius 1 is 1.00 bits per heavy atom. The van der Waals surface area contributed by atoms with Gasteiger partial charge < -0.3 is 14.8 Å². The fourth-order valence-electron chi connectivity index (χ4n) is 2.89. The van der Waals surface area contributed by atoms with Gasteiger partial charge in [0.2, 0.25) is 10.0 Å². The van der Waals surface area contributed by atoms with Crippen LogP contribution >= 0.6 is 0 Å². The summed E-state index contributed by atoms with van der Waals surface area (Å²) in [5.74, 6) is 1.36. The second-order valence-electron chi connectivity index (χ2n) is 8.27. The molecule has 0 spiro atoms. The van der Waals surface area contributed by atoms with Crippen molar-refractivity contribution in [3.05, 3.63) is 53.6 Å². The summed E-state index contributed by atoms with van der Waals surface area (Å²) in [7, 11) is -2.03. The van der Waals surface area contributed by atoms with Gasteiger partial charge in [0.05, 0.1) is 24.7 Å². The maximum Gasteiger partial charge on any atom is 0.251 e. The number of benzene rings is 2. The van der Waals surface area contributed by atoms with E-state index in [2.05, 4.69) is 23.9 Å². The van der Waals surface area contributed by atoms with Gasteiger partial charge in [0, 0.05) is 11.6 Å². The largest absolute Gasteiger partial charge is 0.493 e. The molecule has 7 nitrogen and oxygen atoms in total. The molecule has 2 rings (SSSR count). The van der Waals surface area contributed by atoms with Crippen molar-refractivity contribution in [2.24, 2.45) is 5.92 Å². The summed E-state index contributed by atoms with van der Waals surface area (Å²) in [5, 5.41) is 2.93. The lowest BCUT2D eigenvalue weighted by Gasteiger charge is -2.18. The van der Waals surface area contributed by atoms with Gasteiger partial charge in [-0.15, -0.1) is 0 Å². The summed E-state index contributed by atoms with van der Waals surface area (Å²) in [6.45, 7) is 10.3. The molecule has 2 N–H and O–H groups in total. The van der Waals surface area contributed by atoms with E-state index in [9.17, 15) is 13.2 Å². The van der Waals surface area contributed by atoms with Crippen LogP contribution in [0.3, 0.4) is 0 Å². The van der Waals surface area contributed by atoms with Crippen molar-refractivity contribution < 1.29 is 22.7 Å². The number of carbonyl (C=O) groups is 1. The molecule has 0 aliphatic rings. The maximum absolute atomic E-state index is 12.7. The second-order valence-corrected chi connectivity index (χ2v) is 9.98. The number of nitrogens with one attached hydrogen (secondary N) is 2. The first-order valence-electron chi connectivity index (χ1n) is 10.8. The van der Waals surface area contributed by atoms with Crippen LogP contribution < -0.4 is 19.5 Å². The smallest absolute Gasteiger partial charge is 0.251 e. The molecule has 1 amide bonds. The lowest BCUT2D eigenvalue weighted by atomic mass is 10.1. The summed E-state index contributed by atoms with van der Waals surface area (Å²) in [4.78, 5) is 12.8. The zero-order valence-corrected chi connectivity index (χ0v) is 20.5. The molecule has 2 aromatic carbocycles. The van der Waals surface area contributed by atoms with E-state index in [1.165, 1.54) is 24.3 Å². The Morgan fingerprint density at radius 3 is 2.22 bits per heavy atom. The number of amides is 1. The van der Waals surface area contributed by atoms with E-state index < -0.39 is 10.0 Å². The fourth-order valence-corrected chi connectivity index (χ4v) is 4.22. The van der Waals surface area contributed by atoms with E-state index in [0.717, 1.165) is 5.56 Å². The van der Waals surface area contributed by atoms with Crippen molar-refractivity contribution >= 4 is 15.9 Å². The molecule has 0 saturated heterocycles. The molecule has 8 heteroatoms. The average Bonchev–Trinajstić information content (AvgIpc) is 2.77. The molecule has 0 aromatic heterocycles. The van der Waals surface area contributed by atoms with Gasteiger partial charge >= 0.3 is 0 Å². The quantitative estimate of drug-likeness (QED) is 0.519. The highest BCUT2D eigenvalue weighted by Gasteiger charge is 2.18. The molecule has 32 heavy (non-hydrogen) atoms. The number of rotatable bonds is 11. The molecule has 0 saturated carbocycles. The van der Waals surface area contributed by atoms with Gasteiger partial charge in [-0.2, -0.15) is 0 Å². The van der Waals surface area contributed by atoms with Gasteiger partial charge in [-0.3, -0.25) is 4.79 Å². The molecule has 2 aromatic rings. The number of hydrogen-bond donors (Lipinski definition) is 2. The van der Waals surface area contributed by atoms with E-state index >= 15 is 0 Å². The Bertz CT molecular complexity index is 1000. The lowest BCUT2D eigenvalue weighted by molar-refractivity contribution is 0.0939. The highest BCUT2D eigenvalue weighted by atomic mass is 32.2. The van der Waals surface area contributed by atoms with Crippen molar-refractivity contribution in [2.45, 2.75) is 58.0 Å². The first kappa shape index (κ1) is 25.7. The van der Waals surface area contributed by atoms with Crippen LogP contribution in [0.1, 0.15) is 63.0 Å². The molecule has 0 aliphatic carbocycles. The molecule has 0 bridgehead atoms. The predicted molar refractivity (Wildman–Crippen MR) is 126 cm³/mol. The van der Waals surface area contributed by atoms with Crippen molar-refractivity contribution in [3.8, 4) is 11.5 Å². The topological polar surface area (TPSA) is 93.7 Å². The van der Waals surface area contributed by atoms with E-state index in [0.29, 0.717) is 36.0 Å². The molecule has 2 unspecified atom stereocenters. The second kappa shape index (κ2) is 11.3. The average molecular weight is 463 g/mol. The normalized spacial score (nSPS) is 13.5. The van der Waals surface area contributed by atoms with Gasteiger partial charge in [0.25, 0.3) is 5.91 Å². The van der Waals surface area contributed by atoms with Crippen LogP contribution in [0.5, 0.6) is 11.5 Å². The van der Waals surface area contributed by atoms with Crippen LogP contribution in [-0.4, -0.2) is 34.1 Å². The Kier molecular flexibility index (Phi) is 9.09. The Morgan fingerprint density at radius 2 is 1.66 bits per heavy atom. The van der Waals surface area contributed by atoms with Crippen LogP contribution in [-0.2, 0) is 10.0 Å². The highest BCUT2D eigenvalue weighted by Crippen LogP contribution is 2.30. The SMILES string of the molecule is CCC(C)NS(=O)(=O)c1ccc(C(=O)NC(C)c2ccc(OCC(C)C)c(OC)c2)cc1. The first-order chi connectivity index (χ1) is 15.1. The number of ether oxygens (including phenoxy) is 2. The van der Waals surface area contributed by atoms with Crippen molar-refractivity contribution in [1.82, 2.24) is 10.0 Å². The van der Waals surface area contributed by atoms with E-state index in [4.69, 9.17) is 9.47 Å². The van der Waals surface area contributed by atoms with Crippen molar-refractivity contribution in [2.75, 3.05) is 13.7 Å². The number of methoxy groups -OCH3 is 1. The third kappa shape index (κ3) is 6.97. The van der Waals surface area contributed by atoms with Crippen LogP contribution in [0, 0.1) is 5.92 Å². The van der Waals surface area contributed by atoms with Crippen LogP contribution in [0.25, 0.3) is 0 Å². The van der Waals surface area contributed by atoms with E-state index in [-0.39, 0.29) is 22.9 Å². The Hall–Kier alpha value is -2.58. The highest BCUT2D eigenvalue weighted by molar-refractivity contribution is 7.89. The predicted octanol–water partition coefficient (Wildman–Crippen LogP) is 4.30. The van der Waals surface area contributed by atoms with Gasteiger partial charge in [0.1, 0.15) is 0 Å². The monoisotopic (exact) mass is 462 g/mol. The molecule has 0 radical (unpaired) electrons. The summed E-state index contributed by atoms with van der Waals surface area (Å²) in [6.07, 6.45) is 0.688. The van der Waals surface area contributed by atoms with Gasteiger partial charge in [-0.25, -0.2) is 13.1 Å². The van der Waals surface area contributed by atoms with Crippen LogP contribution in [0.4, 0.5) is 0 Å². The van der Waals surface area contributed by atoms with Gasteiger partial charge in [0.15, 0.2) is 11.5 Å². The standard InChI is InChI=1S/C24H34N2O5S/c1-7-17(4)26-32(28,29)21-11-8-19(9-12-21)24(27)25-18(5)20-10-13-22(23(14-20)30-6)31-15-16(2)3/h8-14,16-18,26H,7,15H2,1-6H3,(H,25,27). The third-order valence-corrected chi connectivity index (χ3v) is 6.61. The summed E-state index contributed by atoms with van der Waals surface area (Å²) < 4.78 is 38.6. The zero-order chi connectivity index (χ0) is 23.9. The maximum atomic E-state index is 12.7. The van der Waals surface area contributed by atoms with Crippen molar-refractivity contribution in [3.63, 3.8) is 0 Å². The molecule has 176 valence electrons. The number of sulfonamides is 1. The van der Waals surface area contributed by atoms with Crippen molar-refractivity contribution in [1.29, 1.82) is 0 Å².